The molecule has 0 aromatic carbocycles. The van der Waals surface area contributed by atoms with Crippen molar-refractivity contribution in [3.63, 3.8) is 0 Å². The van der Waals surface area contributed by atoms with Gasteiger partial charge in [-0.25, -0.2) is 0 Å². The number of aryl methyl sites for hydroxylation is 2. The second-order valence-corrected chi connectivity index (χ2v) is 4.44. The molecule has 4 nitrogen and oxygen atoms in total. The Morgan fingerprint density at radius 1 is 1.44 bits per heavy atom. The highest BCUT2D eigenvalue weighted by molar-refractivity contribution is 5.19. The van der Waals surface area contributed by atoms with Crippen molar-refractivity contribution < 1.29 is 4.74 Å². The molecule has 1 rings (SSSR count). The number of nitrogens with zero attached hydrogens (tertiary/aromatic N) is 2. The topological polar surface area (TPSA) is 39.1 Å². The third kappa shape index (κ3) is 3.94. The van der Waals surface area contributed by atoms with Crippen LogP contribution in [0, 0.1) is 6.92 Å². The first kappa shape index (κ1) is 13.2. The van der Waals surface area contributed by atoms with Crippen molar-refractivity contribution in [2.75, 3.05) is 13.2 Å². The van der Waals surface area contributed by atoms with E-state index in [1.807, 2.05) is 18.7 Å². The predicted octanol–water partition coefficient (Wildman–Crippen LogP) is 1.80. The number of hydrogen-bond donors (Lipinski definition) is 1. The maximum atomic E-state index is 5.48. The van der Waals surface area contributed by atoms with E-state index in [2.05, 4.69) is 37.4 Å². The van der Waals surface area contributed by atoms with E-state index in [4.69, 9.17) is 4.74 Å². The van der Waals surface area contributed by atoms with E-state index in [-0.39, 0.29) is 0 Å². The van der Waals surface area contributed by atoms with Gasteiger partial charge in [0.05, 0.1) is 18.4 Å². The molecule has 0 fully saturated rings. The summed E-state index contributed by atoms with van der Waals surface area (Å²) in [5.41, 5.74) is 2.35. The molecule has 92 valence electrons. The van der Waals surface area contributed by atoms with Crippen LogP contribution in [0.15, 0.2) is 6.20 Å². The molecule has 0 radical (unpaired) electrons. The highest BCUT2D eigenvalue weighted by atomic mass is 16.5. The summed E-state index contributed by atoms with van der Waals surface area (Å²) in [4.78, 5) is 0. The van der Waals surface area contributed by atoms with Crippen molar-refractivity contribution in [2.24, 2.45) is 7.05 Å². The molecular weight excluding hydrogens is 202 g/mol. The summed E-state index contributed by atoms with van der Waals surface area (Å²) in [6.07, 6.45) is 2.37. The zero-order valence-corrected chi connectivity index (χ0v) is 10.9. The lowest BCUT2D eigenvalue weighted by atomic mass is 10.1. The Hall–Kier alpha value is -0.870. The van der Waals surface area contributed by atoms with E-state index in [1.54, 1.807) is 0 Å². The van der Waals surface area contributed by atoms with Crippen LogP contribution >= 0.6 is 0 Å². The first-order chi connectivity index (χ1) is 7.50. The second kappa shape index (κ2) is 6.01. The smallest absolute Gasteiger partial charge is 0.0641 e. The Bertz CT molecular complexity index is 320. The van der Waals surface area contributed by atoms with Crippen molar-refractivity contribution in [2.45, 2.75) is 39.8 Å². The van der Waals surface area contributed by atoms with E-state index in [9.17, 15) is 0 Å². The molecular formula is C12H23N3O. The van der Waals surface area contributed by atoms with E-state index < -0.39 is 0 Å². The second-order valence-electron chi connectivity index (χ2n) is 4.44. The first-order valence-corrected chi connectivity index (χ1v) is 5.86. The zero-order chi connectivity index (χ0) is 12.1. The summed E-state index contributed by atoms with van der Waals surface area (Å²) in [5, 5.41) is 7.76. The molecule has 1 heterocycles. The Morgan fingerprint density at radius 3 is 2.62 bits per heavy atom. The van der Waals surface area contributed by atoms with Crippen molar-refractivity contribution in [3.05, 3.63) is 17.5 Å². The molecule has 0 amide bonds. The predicted molar refractivity (Wildman–Crippen MR) is 65.5 cm³/mol. The lowest BCUT2D eigenvalue weighted by Crippen LogP contribution is -2.24. The Labute approximate surface area is 98.0 Å². The van der Waals surface area contributed by atoms with Crippen molar-refractivity contribution in [1.29, 1.82) is 0 Å². The summed E-state index contributed by atoms with van der Waals surface area (Å²) < 4.78 is 7.33. The maximum absolute atomic E-state index is 5.48. The third-order valence-corrected chi connectivity index (χ3v) is 2.52. The van der Waals surface area contributed by atoms with Gasteiger partial charge in [-0.3, -0.25) is 4.68 Å². The van der Waals surface area contributed by atoms with Crippen LogP contribution in [-0.4, -0.2) is 29.0 Å². The quantitative estimate of drug-likeness (QED) is 0.750. The van der Waals surface area contributed by atoms with Gasteiger partial charge in [-0.2, -0.15) is 5.10 Å². The number of ether oxygens (including phenoxy) is 1. The molecule has 1 aromatic rings. The Balaban J connectivity index is 2.35. The minimum Gasteiger partial charge on any atom is -0.377 e. The van der Waals surface area contributed by atoms with Gasteiger partial charge in [-0.15, -0.1) is 0 Å². The first-order valence-electron chi connectivity index (χ1n) is 5.86. The average molecular weight is 225 g/mol. The monoisotopic (exact) mass is 225 g/mol. The fourth-order valence-corrected chi connectivity index (χ4v) is 1.72. The summed E-state index contributed by atoms with van der Waals surface area (Å²) in [5.74, 6) is 0. The van der Waals surface area contributed by atoms with Gasteiger partial charge < -0.3 is 10.1 Å². The minimum atomic E-state index is 0.303. The molecule has 1 N–H and O–H groups in total. The number of aromatic nitrogens is 2. The van der Waals surface area contributed by atoms with Crippen molar-refractivity contribution in [3.8, 4) is 0 Å². The van der Waals surface area contributed by atoms with Gasteiger partial charge in [0.15, 0.2) is 0 Å². The molecule has 16 heavy (non-hydrogen) atoms. The number of nitrogens with one attached hydrogen (secondary N) is 1. The van der Waals surface area contributed by atoms with Crippen LogP contribution < -0.4 is 5.32 Å². The summed E-state index contributed by atoms with van der Waals surface area (Å²) in [7, 11) is 1.95. The van der Waals surface area contributed by atoms with Gasteiger partial charge in [0.2, 0.25) is 0 Å². The van der Waals surface area contributed by atoms with Gasteiger partial charge in [0.1, 0.15) is 0 Å². The average Bonchev–Trinajstić information content (AvgIpc) is 2.52. The van der Waals surface area contributed by atoms with Crippen LogP contribution in [0.4, 0.5) is 0 Å². The van der Waals surface area contributed by atoms with Crippen molar-refractivity contribution in [1.82, 2.24) is 15.1 Å². The normalized spacial score (nSPS) is 13.4. The molecule has 0 aliphatic heterocycles. The van der Waals surface area contributed by atoms with Crippen LogP contribution in [0.5, 0.6) is 0 Å². The Kier molecular flexibility index (Phi) is 4.96. The maximum Gasteiger partial charge on any atom is 0.0641 e. The molecule has 1 atom stereocenters. The molecule has 0 saturated carbocycles. The third-order valence-electron chi connectivity index (χ3n) is 2.52. The van der Waals surface area contributed by atoms with Crippen molar-refractivity contribution >= 4 is 0 Å². The van der Waals surface area contributed by atoms with Crippen LogP contribution in [0.2, 0.25) is 0 Å². The molecule has 0 aliphatic carbocycles. The lowest BCUT2D eigenvalue weighted by molar-refractivity contribution is 0.0796. The molecule has 0 aliphatic rings. The van der Waals surface area contributed by atoms with E-state index >= 15 is 0 Å². The summed E-state index contributed by atoms with van der Waals surface area (Å²) in [6.45, 7) is 9.91. The molecule has 4 heteroatoms. The largest absolute Gasteiger partial charge is 0.377 e. The van der Waals surface area contributed by atoms with Crippen LogP contribution in [0.1, 0.15) is 38.1 Å². The number of rotatable bonds is 6. The molecule has 0 saturated heterocycles. The van der Waals surface area contributed by atoms with E-state index in [0.29, 0.717) is 12.1 Å². The SMILES string of the molecule is Cc1nn(C)cc1C(C)NCCOC(C)C. The highest BCUT2D eigenvalue weighted by Gasteiger charge is 2.10. The van der Waals surface area contributed by atoms with Gasteiger partial charge in [0.25, 0.3) is 0 Å². The van der Waals surface area contributed by atoms with E-state index in [1.165, 1.54) is 5.56 Å². The lowest BCUT2D eigenvalue weighted by Gasteiger charge is -2.14. The summed E-state index contributed by atoms with van der Waals surface area (Å²) >= 11 is 0. The van der Waals surface area contributed by atoms with Crippen LogP contribution in [-0.2, 0) is 11.8 Å². The van der Waals surface area contributed by atoms with Gasteiger partial charge in [0, 0.05) is 31.4 Å². The minimum absolute atomic E-state index is 0.303. The van der Waals surface area contributed by atoms with E-state index in [0.717, 1.165) is 18.8 Å². The van der Waals surface area contributed by atoms with Gasteiger partial charge in [-0.05, 0) is 27.7 Å². The Morgan fingerprint density at radius 2 is 2.12 bits per heavy atom. The standard InChI is InChI=1S/C12H23N3O/c1-9(2)16-7-6-13-10(3)12-8-15(5)14-11(12)4/h8-10,13H,6-7H2,1-5H3. The highest BCUT2D eigenvalue weighted by Crippen LogP contribution is 2.14. The molecule has 0 bridgehead atoms. The summed E-state index contributed by atoms with van der Waals surface area (Å²) in [6, 6.07) is 0.324. The fourth-order valence-electron chi connectivity index (χ4n) is 1.72. The fraction of sp³-hybridized carbons (Fsp3) is 0.750. The molecule has 1 aromatic heterocycles. The van der Waals surface area contributed by atoms with Crippen LogP contribution in [0.25, 0.3) is 0 Å². The number of hydrogen-bond acceptors (Lipinski definition) is 3. The van der Waals surface area contributed by atoms with Crippen LogP contribution in [0.3, 0.4) is 0 Å². The zero-order valence-electron chi connectivity index (χ0n) is 10.9. The van der Waals surface area contributed by atoms with Gasteiger partial charge >= 0.3 is 0 Å². The molecule has 0 spiro atoms. The molecule has 1 unspecified atom stereocenters. The van der Waals surface area contributed by atoms with Gasteiger partial charge in [-0.1, -0.05) is 0 Å².